The van der Waals surface area contributed by atoms with E-state index in [1.807, 2.05) is 54.6 Å². The Labute approximate surface area is 164 Å². The lowest BCUT2D eigenvalue weighted by Gasteiger charge is -2.26. The number of hydrogen-bond acceptors (Lipinski definition) is 3. The van der Waals surface area contributed by atoms with Crippen LogP contribution < -0.4 is 5.32 Å². The van der Waals surface area contributed by atoms with Crippen molar-refractivity contribution in [3.8, 4) is 0 Å². The number of hydrogen-bond donors (Lipinski definition) is 2. The summed E-state index contributed by atoms with van der Waals surface area (Å²) in [6.45, 7) is 0.0141. The number of nitrogens with zero attached hydrogens (tertiary/aromatic N) is 1. The molecule has 0 radical (unpaired) electrons. The molecule has 0 spiro atoms. The Hall–Kier alpha value is -3.15. The molecule has 28 heavy (non-hydrogen) atoms. The molecule has 6 nitrogen and oxygen atoms in total. The summed E-state index contributed by atoms with van der Waals surface area (Å²) in [5, 5.41) is 12.0. The lowest BCUT2D eigenvalue weighted by Crippen LogP contribution is -2.38. The van der Waals surface area contributed by atoms with Crippen molar-refractivity contribution in [3.05, 3.63) is 65.7 Å². The fraction of sp³-hybridized carbons (Fsp3) is 0.318. The molecule has 1 atom stereocenters. The number of nitrogens with one attached hydrogen (secondary N) is 1. The number of aliphatic carboxylic acids is 1. The van der Waals surface area contributed by atoms with Crippen molar-refractivity contribution in [3.63, 3.8) is 0 Å². The van der Waals surface area contributed by atoms with Gasteiger partial charge in [0.2, 0.25) is 11.8 Å². The van der Waals surface area contributed by atoms with Crippen LogP contribution in [0.3, 0.4) is 0 Å². The van der Waals surface area contributed by atoms with Crippen molar-refractivity contribution in [1.82, 2.24) is 4.90 Å². The first-order valence-corrected chi connectivity index (χ1v) is 9.45. The highest BCUT2D eigenvalue weighted by atomic mass is 16.4. The number of rotatable bonds is 8. The van der Waals surface area contributed by atoms with E-state index >= 15 is 0 Å². The second-order valence-electron chi connectivity index (χ2n) is 7.03. The number of anilines is 1. The van der Waals surface area contributed by atoms with Crippen LogP contribution in [0.4, 0.5) is 5.69 Å². The number of carbonyl (C=O) groups excluding carboxylic acids is 2. The van der Waals surface area contributed by atoms with Crippen LogP contribution in [0.15, 0.2) is 54.6 Å². The van der Waals surface area contributed by atoms with Crippen molar-refractivity contribution in [2.24, 2.45) is 5.92 Å². The van der Waals surface area contributed by atoms with Gasteiger partial charge in [-0.25, -0.2) is 0 Å². The van der Waals surface area contributed by atoms with Gasteiger partial charge in [-0.05, 0) is 36.5 Å². The van der Waals surface area contributed by atoms with E-state index in [2.05, 4.69) is 5.32 Å². The van der Waals surface area contributed by atoms with E-state index in [0.29, 0.717) is 25.8 Å². The number of carbonyl (C=O) groups is 3. The van der Waals surface area contributed by atoms with Crippen molar-refractivity contribution >= 4 is 23.5 Å². The third-order valence-corrected chi connectivity index (χ3v) is 5.01. The SMILES string of the molecule is O=C(O)CN(CCc1ccccc1)C(=O)CCC1Cc2ccccc2NC1=O. The zero-order valence-electron chi connectivity index (χ0n) is 15.6. The molecule has 1 aliphatic heterocycles. The zero-order valence-corrected chi connectivity index (χ0v) is 15.6. The Balaban J connectivity index is 1.57. The predicted molar refractivity (Wildman–Crippen MR) is 106 cm³/mol. The van der Waals surface area contributed by atoms with E-state index in [-0.39, 0.29) is 30.7 Å². The summed E-state index contributed by atoms with van der Waals surface area (Å²) in [4.78, 5) is 37.5. The summed E-state index contributed by atoms with van der Waals surface area (Å²) in [7, 11) is 0. The summed E-state index contributed by atoms with van der Waals surface area (Å²) in [5.41, 5.74) is 2.94. The standard InChI is InChI=1S/C22H24N2O4/c25-20(24(15-21(26)27)13-12-16-6-2-1-3-7-16)11-10-18-14-17-8-4-5-9-19(17)23-22(18)28/h1-9,18H,10-15H2,(H,23,28)(H,26,27). The van der Waals surface area contributed by atoms with Gasteiger partial charge in [-0.3, -0.25) is 14.4 Å². The number of carboxylic acids is 1. The Kier molecular flexibility index (Phi) is 6.42. The molecule has 0 saturated heterocycles. The summed E-state index contributed by atoms with van der Waals surface area (Å²) in [6, 6.07) is 17.3. The highest BCUT2D eigenvalue weighted by Gasteiger charge is 2.27. The molecule has 0 aliphatic carbocycles. The van der Waals surface area contributed by atoms with E-state index in [1.165, 1.54) is 4.90 Å². The Morgan fingerprint density at radius 1 is 1.07 bits per heavy atom. The maximum Gasteiger partial charge on any atom is 0.323 e. The van der Waals surface area contributed by atoms with Crippen LogP contribution in [-0.2, 0) is 27.2 Å². The molecule has 1 aliphatic rings. The van der Waals surface area contributed by atoms with Gasteiger partial charge in [-0.15, -0.1) is 0 Å². The van der Waals surface area contributed by atoms with Crippen LogP contribution in [0.5, 0.6) is 0 Å². The van der Waals surface area contributed by atoms with Crippen molar-refractivity contribution in [1.29, 1.82) is 0 Å². The van der Waals surface area contributed by atoms with Crippen LogP contribution in [0.2, 0.25) is 0 Å². The van der Waals surface area contributed by atoms with Crippen LogP contribution in [-0.4, -0.2) is 40.9 Å². The highest BCUT2D eigenvalue weighted by Crippen LogP contribution is 2.27. The number of benzene rings is 2. The molecule has 1 unspecified atom stereocenters. The maximum atomic E-state index is 12.6. The molecule has 0 bridgehead atoms. The third-order valence-electron chi connectivity index (χ3n) is 5.01. The smallest absolute Gasteiger partial charge is 0.323 e. The largest absolute Gasteiger partial charge is 0.480 e. The number of amides is 2. The first-order valence-electron chi connectivity index (χ1n) is 9.45. The topological polar surface area (TPSA) is 86.7 Å². The molecule has 146 valence electrons. The molecule has 2 aromatic rings. The van der Waals surface area contributed by atoms with Crippen molar-refractivity contribution in [2.45, 2.75) is 25.7 Å². The van der Waals surface area contributed by atoms with Crippen LogP contribution in [0.25, 0.3) is 0 Å². The second-order valence-corrected chi connectivity index (χ2v) is 7.03. The zero-order chi connectivity index (χ0) is 19.9. The third kappa shape index (κ3) is 5.19. The normalized spacial score (nSPS) is 15.4. The maximum absolute atomic E-state index is 12.6. The fourth-order valence-corrected chi connectivity index (χ4v) is 3.47. The van der Waals surface area contributed by atoms with Gasteiger partial charge in [0.25, 0.3) is 0 Å². The van der Waals surface area contributed by atoms with Gasteiger partial charge >= 0.3 is 5.97 Å². The highest BCUT2D eigenvalue weighted by molar-refractivity contribution is 5.96. The molecule has 2 N–H and O–H groups in total. The molecule has 3 rings (SSSR count). The minimum atomic E-state index is -1.04. The molecule has 1 heterocycles. The molecule has 6 heteroatoms. The van der Waals surface area contributed by atoms with Gasteiger partial charge in [0.05, 0.1) is 0 Å². The summed E-state index contributed by atoms with van der Waals surface area (Å²) in [5.74, 6) is -1.63. The minimum absolute atomic E-state index is 0.0828. The molecular weight excluding hydrogens is 356 g/mol. The summed E-state index contributed by atoms with van der Waals surface area (Å²) in [6.07, 6.45) is 1.75. The number of para-hydroxylation sites is 1. The quantitative estimate of drug-likeness (QED) is 0.737. The van der Waals surface area contributed by atoms with E-state index in [4.69, 9.17) is 5.11 Å². The molecule has 0 fully saturated rings. The van der Waals surface area contributed by atoms with Gasteiger partial charge in [-0.1, -0.05) is 48.5 Å². The van der Waals surface area contributed by atoms with Gasteiger partial charge in [-0.2, -0.15) is 0 Å². The van der Waals surface area contributed by atoms with Crippen LogP contribution >= 0.6 is 0 Å². The average Bonchev–Trinajstić information content (AvgIpc) is 2.69. The van der Waals surface area contributed by atoms with Crippen molar-refractivity contribution in [2.75, 3.05) is 18.4 Å². The number of fused-ring (bicyclic) bond motifs is 1. The molecule has 2 amide bonds. The lowest BCUT2D eigenvalue weighted by molar-refractivity contribution is -0.144. The average molecular weight is 380 g/mol. The van der Waals surface area contributed by atoms with Crippen LogP contribution in [0, 0.1) is 5.92 Å². The summed E-state index contributed by atoms with van der Waals surface area (Å²) >= 11 is 0. The van der Waals surface area contributed by atoms with Gasteiger partial charge < -0.3 is 15.3 Å². The molecular formula is C22H24N2O4. The second kappa shape index (κ2) is 9.17. The number of carboxylic acid groups (broad SMARTS) is 1. The first kappa shape index (κ1) is 19.6. The molecule has 2 aromatic carbocycles. The first-order chi connectivity index (χ1) is 13.5. The Morgan fingerprint density at radius 2 is 1.79 bits per heavy atom. The molecule has 0 saturated carbocycles. The Bertz CT molecular complexity index is 851. The minimum Gasteiger partial charge on any atom is -0.480 e. The van der Waals surface area contributed by atoms with Crippen LogP contribution in [0.1, 0.15) is 24.0 Å². The lowest BCUT2D eigenvalue weighted by atomic mass is 9.89. The molecule has 0 aromatic heterocycles. The van der Waals surface area contributed by atoms with E-state index in [1.54, 1.807) is 0 Å². The monoisotopic (exact) mass is 380 g/mol. The summed E-state index contributed by atoms with van der Waals surface area (Å²) < 4.78 is 0. The Morgan fingerprint density at radius 3 is 2.54 bits per heavy atom. The van der Waals surface area contributed by atoms with Gasteiger partial charge in [0.1, 0.15) is 6.54 Å². The van der Waals surface area contributed by atoms with Crippen molar-refractivity contribution < 1.29 is 19.5 Å². The predicted octanol–water partition coefficient (Wildman–Crippen LogP) is 2.73. The van der Waals surface area contributed by atoms with Gasteiger partial charge in [0, 0.05) is 24.6 Å². The van der Waals surface area contributed by atoms with E-state index < -0.39 is 5.97 Å². The van der Waals surface area contributed by atoms with Gasteiger partial charge in [0.15, 0.2) is 0 Å². The van der Waals surface area contributed by atoms with E-state index in [9.17, 15) is 14.4 Å². The fourth-order valence-electron chi connectivity index (χ4n) is 3.47. The van der Waals surface area contributed by atoms with E-state index in [0.717, 1.165) is 16.8 Å².